The van der Waals surface area contributed by atoms with Crippen LogP contribution < -0.4 is 0 Å². The van der Waals surface area contributed by atoms with Crippen LogP contribution in [0.1, 0.15) is 15.9 Å². The van der Waals surface area contributed by atoms with Crippen LogP contribution in [-0.4, -0.2) is 5.78 Å². The number of carbonyl (C=O) groups excluding carboxylic acids is 1. The number of nitrogens with zero attached hydrogens (tertiary/aromatic N) is 6. The number of ketones is 1. The first-order chi connectivity index (χ1) is 10.7. The number of carbonyl (C=O) groups is 1. The largest absolute Gasteiger partial charge is 0.289 e. The van der Waals surface area contributed by atoms with Crippen molar-refractivity contribution in [2.24, 2.45) is 10.2 Å². The maximum absolute atomic E-state index is 12.0. The molecule has 0 spiro atoms. The number of benzene rings is 2. The lowest BCUT2D eigenvalue weighted by atomic mass is 10.1. The molecule has 7 nitrogen and oxygen atoms in total. The molecule has 0 saturated carbocycles. The van der Waals surface area contributed by atoms with E-state index in [0.29, 0.717) is 16.9 Å². The van der Waals surface area contributed by atoms with Gasteiger partial charge in [-0.15, -0.1) is 0 Å². The summed E-state index contributed by atoms with van der Waals surface area (Å²) in [6, 6.07) is 13.2. The Hall–Kier alpha value is -3.53. The Morgan fingerprint density at radius 3 is 2.32 bits per heavy atom. The van der Waals surface area contributed by atoms with Crippen LogP contribution in [0, 0.1) is 0 Å². The van der Waals surface area contributed by atoms with Gasteiger partial charge in [-0.1, -0.05) is 58.8 Å². The molecule has 0 bridgehead atoms. The van der Waals surface area contributed by atoms with E-state index in [0.717, 1.165) is 5.56 Å². The predicted molar refractivity (Wildman–Crippen MR) is 83.9 cm³/mol. The Labute approximate surface area is 125 Å². The van der Waals surface area contributed by atoms with Gasteiger partial charge in [0.05, 0.1) is 0 Å². The van der Waals surface area contributed by atoms with Crippen LogP contribution in [0.25, 0.3) is 27.0 Å². The minimum atomic E-state index is -0.179. The highest BCUT2D eigenvalue weighted by Gasteiger charge is 2.01. The van der Waals surface area contributed by atoms with Gasteiger partial charge in [-0.2, -0.15) is 0 Å². The van der Waals surface area contributed by atoms with Crippen molar-refractivity contribution >= 4 is 23.2 Å². The van der Waals surface area contributed by atoms with Crippen molar-refractivity contribution in [2.75, 3.05) is 0 Å². The molecule has 0 heterocycles. The summed E-state index contributed by atoms with van der Waals surface area (Å²) in [7, 11) is 0. The van der Waals surface area contributed by atoms with E-state index in [4.69, 9.17) is 11.1 Å². The molecule has 0 unspecified atom stereocenters. The van der Waals surface area contributed by atoms with Gasteiger partial charge in [0.2, 0.25) is 0 Å². The van der Waals surface area contributed by atoms with E-state index in [1.54, 1.807) is 54.6 Å². The van der Waals surface area contributed by atoms with E-state index in [1.807, 2.05) is 0 Å². The number of rotatable bonds is 5. The van der Waals surface area contributed by atoms with Crippen LogP contribution in [-0.2, 0) is 0 Å². The van der Waals surface area contributed by atoms with Crippen LogP contribution in [0.5, 0.6) is 0 Å². The molecule has 106 valence electrons. The summed E-state index contributed by atoms with van der Waals surface area (Å²) in [5.41, 5.74) is 18.9. The summed E-state index contributed by atoms with van der Waals surface area (Å²) in [4.78, 5) is 17.4. The zero-order chi connectivity index (χ0) is 15.8. The van der Waals surface area contributed by atoms with Gasteiger partial charge in [0.15, 0.2) is 5.78 Å². The van der Waals surface area contributed by atoms with Crippen LogP contribution in [0.2, 0.25) is 0 Å². The number of hydrogen-bond donors (Lipinski definition) is 0. The lowest BCUT2D eigenvalue weighted by molar-refractivity contribution is 0.104. The third-order valence-corrected chi connectivity index (χ3v) is 2.77. The molecule has 2 rings (SSSR count). The Morgan fingerprint density at radius 1 is 0.955 bits per heavy atom. The van der Waals surface area contributed by atoms with Gasteiger partial charge in [-0.05, 0) is 28.8 Å². The fourth-order valence-electron chi connectivity index (χ4n) is 1.75. The van der Waals surface area contributed by atoms with Crippen LogP contribution in [0.3, 0.4) is 0 Å². The minimum Gasteiger partial charge on any atom is -0.289 e. The average molecular weight is 290 g/mol. The molecule has 22 heavy (non-hydrogen) atoms. The van der Waals surface area contributed by atoms with Crippen molar-refractivity contribution in [3.8, 4) is 0 Å². The standard InChI is InChI=1S/C15H10N6O/c16-20-18-13-7-5-12(6-8-13)15(22)9-4-11-2-1-3-14(10-11)19-21-17/h1-10H. The molecule has 0 atom stereocenters. The molecule has 0 amide bonds. The average Bonchev–Trinajstić information content (AvgIpc) is 2.54. The van der Waals surface area contributed by atoms with Gasteiger partial charge in [-0.25, -0.2) is 0 Å². The molecule has 2 aromatic carbocycles. The smallest absolute Gasteiger partial charge is 0.185 e. The molecule has 0 saturated heterocycles. The highest BCUT2D eigenvalue weighted by Crippen LogP contribution is 2.17. The summed E-state index contributed by atoms with van der Waals surface area (Å²) in [6.07, 6.45) is 3.07. The molecule has 0 aliphatic heterocycles. The quantitative estimate of drug-likeness (QED) is 0.235. The second kappa shape index (κ2) is 7.31. The number of allylic oxidation sites excluding steroid dienone is 1. The summed E-state index contributed by atoms with van der Waals surface area (Å²) in [6.45, 7) is 0. The molecular weight excluding hydrogens is 280 g/mol. The van der Waals surface area contributed by atoms with E-state index in [9.17, 15) is 4.79 Å². The molecule has 0 aliphatic rings. The maximum Gasteiger partial charge on any atom is 0.185 e. The van der Waals surface area contributed by atoms with E-state index in [1.165, 1.54) is 6.08 Å². The van der Waals surface area contributed by atoms with Crippen molar-refractivity contribution in [2.45, 2.75) is 0 Å². The third-order valence-electron chi connectivity index (χ3n) is 2.77. The highest BCUT2D eigenvalue weighted by atomic mass is 16.1. The predicted octanol–water partition coefficient (Wildman–Crippen LogP) is 5.47. The number of hydrogen-bond acceptors (Lipinski definition) is 3. The topological polar surface area (TPSA) is 115 Å². The van der Waals surface area contributed by atoms with Gasteiger partial charge in [0.25, 0.3) is 0 Å². The monoisotopic (exact) mass is 290 g/mol. The molecule has 0 aromatic heterocycles. The normalized spacial score (nSPS) is 9.82. The summed E-state index contributed by atoms with van der Waals surface area (Å²) >= 11 is 0. The van der Waals surface area contributed by atoms with Crippen molar-refractivity contribution in [1.29, 1.82) is 0 Å². The van der Waals surface area contributed by atoms with E-state index < -0.39 is 0 Å². The second-order valence-electron chi connectivity index (χ2n) is 4.22. The fourth-order valence-corrected chi connectivity index (χ4v) is 1.75. The first-order valence-corrected chi connectivity index (χ1v) is 6.25. The molecule has 0 N–H and O–H groups in total. The highest BCUT2D eigenvalue weighted by molar-refractivity contribution is 6.06. The lowest BCUT2D eigenvalue weighted by Gasteiger charge is -1.98. The van der Waals surface area contributed by atoms with E-state index in [-0.39, 0.29) is 5.78 Å². The molecule has 0 radical (unpaired) electrons. The fraction of sp³-hybridized carbons (Fsp3) is 0. The first kappa shape index (κ1) is 14.9. The van der Waals surface area contributed by atoms with Crippen LogP contribution in [0.15, 0.2) is 64.8 Å². The van der Waals surface area contributed by atoms with Crippen LogP contribution in [0.4, 0.5) is 11.4 Å². The van der Waals surface area contributed by atoms with Gasteiger partial charge in [0, 0.05) is 26.8 Å². The maximum atomic E-state index is 12.0. The van der Waals surface area contributed by atoms with Crippen molar-refractivity contribution < 1.29 is 4.79 Å². The van der Waals surface area contributed by atoms with Crippen molar-refractivity contribution in [3.05, 3.63) is 86.6 Å². The van der Waals surface area contributed by atoms with Crippen LogP contribution >= 0.6 is 0 Å². The molecule has 7 heteroatoms. The van der Waals surface area contributed by atoms with Crippen molar-refractivity contribution in [3.63, 3.8) is 0 Å². The zero-order valence-corrected chi connectivity index (χ0v) is 11.4. The molecule has 0 aliphatic carbocycles. The minimum absolute atomic E-state index is 0.179. The Kier molecular flexibility index (Phi) is 4.94. The summed E-state index contributed by atoms with van der Waals surface area (Å²) in [5, 5.41) is 6.94. The van der Waals surface area contributed by atoms with E-state index >= 15 is 0 Å². The first-order valence-electron chi connectivity index (χ1n) is 6.25. The van der Waals surface area contributed by atoms with Crippen molar-refractivity contribution in [1.82, 2.24) is 0 Å². The van der Waals surface area contributed by atoms with Gasteiger partial charge < -0.3 is 0 Å². The zero-order valence-electron chi connectivity index (χ0n) is 11.4. The van der Waals surface area contributed by atoms with Gasteiger partial charge in [-0.3, -0.25) is 4.79 Å². The summed E-state index contributed by atoms with van der Waals surface area (Å²) in [5.74, 6) is -0.179. The van der Waals surface area contributed by atoms with Gasteiger partial charge in [0.1, 0.15) is 0 Å². The number of azide groups is 2. The molecule has 0 fully saturated rings. The lowest BCUT2D eigenvalue weighted by Crippen LogP contribution is -1.92. The van der Waals surface area contributed by atoms with Gasteiger partial charge >= 0.3 is 0 Å². The Balaban J connectivity index is 2.15. The van der Waals surface area contributed by atoms with E-state index in [2.05, 4.69) is 20.1 Å². The molecule has 2 aromatic rings. The molecular formula is C15H10N6O. The summed E-state index contributed by atoms with van der Waals surface area (Å²) < 4.78 is 0. The second-order valence-corrected chi connectivity index (χ2v) is 4.22. The Bertz CT molecular complexity index is 812. The third kappa shape index (κ3) is 3.98. The SMILES string of the molecule is [N-]=[N+]=Nc1ccc(C(=O)C=Cc2cccc(N=[N+]=[N-])c2)cc1. The Morgan fingerprint density at radius 2 is 1.64 bits per heavy atom.